The molecule has 1 atom stereocenters. The van der Waals surface area contributed by atoms with Gasteiger partial charge in [-0.15, -0.1) is 0 Å². The Morgan fingerprint density at radius 3 is 2.71 bits per heavy atom. The van der Waals surface area contributed by atoms with E-state index in [0.29, 0.717) is 12.4 Å². The second-order valence-corrected chi connectivity index (χ2v) is 5.09. The normalized spacial score (nSPS) is 12.0. The monoisotopic (exact) mass is 292 g/mol. The van der Waals surface area contributed by atoms with E-state index in [1.807, 2.05) is 26.0 Å². The molecular formula is C15H24N4O2. The van der Waals surface area contributed by atoms with E-state index in [9.17, 15) is 9.59 Å². The maximum absolute atomic E-state index is 12.0. The van der Waals surface area contributed by atoms with Crippen LogP contribution in [0.1, 0.15) is 26.0 Å². The molecule has 0 saturated heterocycles. The first-order valence-electron chi connectivity index (χ1n) is 7.15. The number of amides is 2. The molecule has 0 unspecified atom stereocenters. The summed E-state index contributed by atoms with van der Waals surface area (Å²) >= 11 is 0. The van der Waals surface area contributed by atoms with Gasteiger partial charge in [-0.05, 0) is 39.4 Å². The Balaban J connectivity index is 2.48. The highest BCUT2D eigenvalue weighted by molar-refractivity contribution is 5.92. The van der Waals surface area contributed by atoms with Gasteiger partial charge >= 0.3 is 0 Å². The van der Waals surface area contributed by atoms with Gasteiger partial charge in [0.1, 0.15) is 5.82 Å². The van der Waals surface area contributed by atoms with Crippen molar-refractivity contribution in [2.75, 3.05) is 25.5 Å². The van der Waals surface area contributed by atoms with E-state index < -0.39 is 0 Å². The first-order valence-corrected chi connectivity index (χ1v) is 7.15. The van der Waals surface area contributed by atoms with Crippen LogP contribution in [-0.4, -0.2) is 47.9 Å². The average Bonchev–Trinajstić information content (AvgIpc) is 2.43. The zero-order chi connectivity index (χ0) is 15.8. The number of nitrogens with one attached hydrogen (secondary N) is 2. The molecule has 0 aliphatic rings. The summed E-state index contributed by atoms with van der Waals surface area (Å²) in [6.45, 7) is 6.43. The van der Waals surface area contributed by atoms with Crippen LogP contribution >= 0.6 is 0 Å². The molecule has 1 heterocycles. The highest BCUT2D eigenvalue weighted by atomic mass is 16.2. The molecule has 0 spiro atoms. The van der Waals surface area contributed by atoms with Gasteiger partial charge < -0.3 is 10.6 Å². The van der Waals surface area contributed by atoms with Gasteiger partial charge in [-0.1, -0.05) is 13.0 Å². The largest absolute Gasteiger partial charge is 0.355 e. The van der Waals surface area contributed by atoms with Crippen molar-refractivity contribution in [1.82, 2.24) is 15.2 Å². The minimum absolute atomic E-state index is 0.0687. The van der Waals surface area contributed by atoms with Crippen LogP contribution < -0.4 is 10.6 Å². The topological polar surface area (TPSA) is 74.3 Å². The molecule has 0 aliphatic carbocycles. The van der Waals surface area contributed by atoms with Gasteiger partial charge in [-0.2, -0.15) is 0 Å². The van der Waals surface area contributed by atoms with Crippen LogP contribution in [0.25, 0.3) is 0 Å². The molecule has 1 aromatic heterocycles. The minimum atomic E-state index is -0.354. The second kappa shape index (κ2) is 8.36. The maximum atomic E-state index is 12.0. The van der Waals surface area contributed by atoms with E-state index in [2.05, 4.69) is 15.6 Å². The Hall–Kier alpha value is -1.95. The van der Waals surface area contributed by atoms with E-state index in [0.717, 1.165) is 12.1 Å². The van der Waals surface area contributed by atoms with Crippen molar-refractivity contribution < 1.29 is 9.59 Å². The lowest BCUT2D eigenvalue weighted by atomic mass is 10.2. The van der Waals surface area contributed by atoms with Crippen LogP contribution in [0.4, 0.5) is 5.82 Å². The molecular weight excluding hydrogens is 268 g/mol. The van der Waals surface area contributed by atoms with E-state index in [1.54, 1.807) is 24.9 Å². The molecule has 0 aliphatic heterocycles. The Morgan fingerprint density at radius 2 is 2.10 bits per heavy atom. The Labute approximate surface area is 125 Å². The van der Waals surface area contributed by atoms with Crippen LogP contribution in [0.2, 0.25) is 0 Å². The first-order chi connectivity index (χ1) is 9.93. The van der Waals surface area contributed by atoms with E-state index in [1.165, 1.54) is 0 Å². The molecule has 0 fully saturated rings. The summed E-state index contributed by atoms with van der Waals surface area (Å²) in [4.78, 5) is 29.7. The number of carbonyl (C=O) groups is 2. The summed E-state index contributed by atoms with van der Waals surface area (Å²) in [5, 5.41) is 5.55. The zero-order valence-corrected chi connectivity index (χ0v) is 13.1. The van der Waals surface area contributed by atoms with Crippen molar-refractivity contribution in [3.63, 3.8) is 0 Å². The third kappa shape index (κ3) is 5.91. The van der Waals surface area contributed by atoms with Crippen molar-refractivity contribution in [3.8, 4) is 0 Å². The predicted molar refractivity (Wildman–Crippen MR) is 83.0 cm³/mol. The number of carbonyl (C=O) groups excluding carboxylic acids is 2. The van der Waals surface area contributed by atoms with Crippen molar-refractivity contribution in [1.29, 1.82) is 0 Å². The molecule has 0 saturated carbocycles. The Bertz CT molecular complexity index is 490. The number of anilines is 1. The quantitative estimate of drug-likeness (QED) is 0.791. The van der Waals surface area contributed by atoms with Crippen LogP contribution in [-0.2, 0) is 9.59 Å². The van der Waals surface area contributed by atoms with E-state index in [4.69, 9.17) is 0 Å². The number of aromatic nitrogens is 1. The minimum Gasteiger partial charge on any atom is -0.355 e. The van der Waals surface area contributed by atoms with Gasteiger partial charge in [0.25, 0.3) is 0 Å². The molecule has 0 bridgehead atoms. The SMILES string of the molecule is CCCNC(=O)[C@H](C)N(C)CC(=O)Nc1cccc(C)n1. The molecule has 1 aromatic rings. The second-order valence-electron chi connectivity index (χ2n) is 5.09. The van der Waals surface area contributed by atoms with Crippen LogP contribution in [0.3, 0.4) is 0 Å². The molecule has 6 nitrogen and oxygen atoms in total. The number of pyridine rings is 1. The van der Waals surface area contributed by atoms with E-state index >= 15 is 0 Å². The Morgan fingerprint density at radius 1 is 1.38 bits per heavy atom. The predicted octanol–water partition coefficient (Wildman–Crippen LogP) is 1.18. The van der Waals surface area contributed by atoms with Crippen molar-refractivity contribution in [3.05, 3.63) is 23.9 Å². The fourth-order valence-electron chi connectivity index (χ4n) is 1.75. The molecule has 2 amide bonds. The van der Waals surface area contributed by atoms with Crippen molar-refractivity contribution >= 4 is 17.6 Å². The van der Waals surface area contributed by atoms with Gasteiger partial charge in [0, 0.05) is 12.2 Å². The summed E-state index contributed by atoms with van der Waals surface area (Å²) in [5.41, 5.74) is 0.841. The molecule has 2 N–H and O–H groups in total. The number of nitrogens with zero attached hydrogens (tertiary/aromatic N) is 2. The number of likely N-dealkylation sites (N-methyl/N-ethyl adjacent to an activating group) is 1. The van der Waals surface area contributed by atoms with Crippen molar-refractivity contribution in [2.45, 2.75) is 33.2 Å². The molecule has 6 heteroatoms. The lowest BCUT2D eigenvalue weighted by Gasteiger charge is -2.23. The standard InChI is InChI=1S/C15H24N4O2/c1-5-9-16-15(21)12(3)19(4)10-14(20)18-13-8-6-7-11(2)17-13/h6-8,12H,5,9-10H2,1-4H3,(H,16,21)(H,17,18,20)/t12-/m0/s1. The smallest absolute Gasteiger partial charge is 0.239 e. The fraction of sp³-hybridized carbons (Fsp3) is 0.533. The summed E-state index contributed by atoms with van der Waals surface area (Å²) < 4.78 is 0. The average molecular weight is 292 g/mol. The fourth-order valence-corrected chi connectivity index (χ4v) is 1.75. The summed E-state index contributed by atoms with van der Waals surface area (Å²) in [6, 6.07) is 5.08. The molecule has 0 radical (unpaired) electrons. The summed E-state index contributed by atoms with van der Waals surface area (Å²) in [5.74, 6) is 0.267. The van der Waals surface area contributed by atoms with Gasteiger partial charge in [0.2, 0.25) is 11.8 Å². The molecule has 116 valence electrons. The maximum Gasteiger partial charge on any atom is 0.239 e. The highest BCUT2D eigenvalue weighted by Crippen LogP contribution is 2.04. The van der Waals surface area contributed by atoms with Crippen LogP contribution in [0, 0.1) is 6.92 Å². The third-order valence-corrected chi connectivity index (χ3v) is 3.14. The highest BCUT2D eigenvalue weighted by Gasteiger charge is 2.19. The molecule has 1 rings (SSSR count). The first kappa shape index (κ1) is 17.1. The number of hydrogen-bond donors (Lipinski definition) is 2. The third-order valence-electron chi connectivity index (χ3n) is 3.14. The molecule has 0 aromatic carbocycles. The van der Waals surface area contributed by atoms with Gasteiger partial charge in [0.05, 0.1) is 12.6 Å². The zero-order valence-electron chi connectivity index (χ0n) is 13.1. The number of hydrogen-bond acceptors (Lipinski definition) is 4. The van der Waals surface area contributed by atoms with Gasteiger partial charge in [-0.3, -0.25) is 14.5 Å². The molecule has 21 heavy (non-hydrogen) atoms. The summed E-state index contributed by atoms with van der Waals surface area (Å²) in [6.07, 6.45) is 0.891. The summed E-state index contributed by atoms with van der Waals surface area (Å²) in [7, 11) is 1.75. The lowest BCUT2D eigenvalue weighted by molar-refractivity contribution is -0.126. The van der Waals surface area contributed by atoms with E-state index in [-0.39, 0.29) is 24.4 Å². The van der Waals surface area contributed by atoms with Crippen LogP contribution in [0.15, 0.2) is 18.2 Å². The van der Waals surface area contributed by atoms with Crippen molar-refractivity contribution in [2.24, 2.45) is 0 Å². The van der Waals surface area contributed by atoms with Gasteiger partial charge in [0.15, 0.2) is 0 Å². The number of rotatable bonds is 7. The lowest BCUT2D eigenvalue weighted by Crippen LogP contribution is -2.46. The van der Waals surface area contributed by atoms with Gasteiger partial charge in [-0.25, -0.2) is 4.98 Å². The number of aryl methyl sites for hydroxylation is 1. The Kier molecular flexibility index (Phi) is 6.81. The van der Waals surface area contributed by atoms with Crippen LogP contribution in [0.5, 0.6) is 0 Å².